The number of hydrogen-bond acceptors (Lipinski definition) is 3. The molecule has 1 aromatic carbocycles. The molecule has 4 heteroatoms. The van der Waals surface area contributed by atoms with Crippen molar-refractivity contribution in [2.24, 2.45) is 0 Å². The maximum Gasteiger partial charge on any atom is 0.314 e. The molecule has 4 nitrogen and oxygen atoms in total. The third-order valence-corrected chi connectivity index (χ3v) is 4.79. The minimum atomic E-state index is -0.757. The summed E-state index contributed by atoms with van der Waals surface area (Å²) < 4.78 is 11.5. The largest absolute Gasteiger partial charge is 0.490 e. The normalized spacial score (nSPS) is 20.6. The molecule has 0 saturated heterocycles. The van der Waals surface area contributed by atoms with Crippen LogP contribution >= 0.6 is 0 Å². The first-order valence-corrected chi connectivity index (χ1v) is 7.78. The molecule has 114 valence electrons. The molecule has 1 saturated carbocycles. The predicted octanol–water partition coefficient (Wildman–Crippen LogP) is 3.44. The van der Waals surface area contributed by atoms with Gasteiger partial charge in [-0.05, 0) is 37.0 Å². The zero-order chi connectivity index (χ0) is 14.9. The van der Waals surface area contributed by atoms with E-state index in [1.54, 1.807) is 0 Å². The zero-order valence-electron chi connectivity index (χ0n) is 12.5. The monoisotopic (exact) mass is 290 g/mol. The Morgan fingerprint density at radius 1 is 1.10 bits per heavy atom. The third kappa shape index (κ3) is 2.37. The van der Waals surface area contributed by atoms with Crippen molar-refractivity contribution in [1.29, 1.82) is 0 Å². The minimum Gasteiger partial charge on any atom is -0.490 e. The Morgan fingerprint density at radius 3 is 2.52 bits per heavy atom. The van der Waals surface area contributed by atoms with E-state index in [2.05, 4.69) is 0 Å². The SMILES string of the molecule is Cc1c(C2(C(=O)O)CCCCC2)ccc2c1OCCCO2. The second-order valence-corrected chi connectivity index (χ2v) is 6.06. The number of hydrogen-bond donors (Lipinski definition) is 1. The number of aliphatic carboxylic acids is 1. The van der Waals surface area contributed by atoms with Crippen molar-refractivity contribution in [3.8, 4) is 11.5 Å². The van der Waals surface area contributed by atoms with Gasteiger partial charge in [0.1, 0.15) is 0 Å². The molecule has 2 aliphatic rings. The summed E-state index contributed by atoms with van der Waals surface area (Å²) in [6.45, 7) is 3.23. The number of carbonyl (C=O) groups is 1. The maximum absolute atomic E-state index is 12.0. The number of benzene rings is 1. The van der Waals surface area contributed by atoms with Crippen molar-refractivity contribution < 1.29 is 19.4 Å². The third-order valence-electron chi connectivity index (χ3n) is 4.79. The van der Waals surface area contributed by atoms with E-state index >= 15 is 0 Å². The van der Waals surface area contributed by atoms with Crippen LogP contribution < -0.4 is 9.47 Å². The van der Waals surface area contributed by atoms with Gasteiger partial charge in [-0.3, -0.25) is 4.79 Å². The fourth-order valence-corrected chi connectivity index (χ4v) is 3.65. The average Bonchev–Trinajstić information content (AvgIpc) is 2.74. The average molecular weight is 290 g/mol. The van der Waals surface area contributed by atoms with Crippen LogP contribution in [0.4, 0.5) is 0 Å². The number of fused-ring (bicyclic) bond motifs is 1. The topological polar surface area (TPSA) is 55.8 Å². The van der Waals surface area contributed by atoms with Gasteiger partial charge < -0.3 is 14.6 Å². The summed E-state index contributed by atoms with van der Waals surface area (Å²) in [7, 11) is 0. The van der Waals surface area contributed by atoms with Crippen LogP contribution in [-0.4, -0.2) is 24.3 Å². The number of carboxylic acid groups (broad SMARTS) is 1. The van der Waals surface area contributed by atoms with Gasteiger partial charge in [0, 0.05) is 6.42 Å². The van der Waals surface area contributed by atoms with E-state index in [-0.39, 0.29) is 0 Å². The smallest absolute Gasteiger partial charge is 0.314 e. The van der Waals surface area contributed by atoms with Crippen molar-refractivity contribution in [2.45, 2.75) is 50.9 Å². The second kappa shape index (κ2) is 5.58. The van der Waals surface area contributed by atoms with Gasteiger partial charge in [-0.1, -0.05) is 25.3 Å². The Bertz CT molecular complexity index is 544. The predicted molar refractivity (Wildman–Crippen MR) is 79.2 cm³/mol. The van der Waals surface area contributed by atoms with Crippen molar-refractivity contribution in [1.82, 2.24) is 0 Å². The molecule has 0 aromatic heterocycles. The molecule has 21 heavy (non-hydrogen) atoms. The highest BCUT2D eigenvalue weighted by atomic mass is 16.5. The van der Waals surface area contributed by atoms with Gasteiger partial charge in [-0.2, -0.15) is 0 Å². The van der Waals surface area contributed by atoms with Gasteiger partial charge in [0.15, 0.2) is 11.5 Å². The molecule has 0 atom stereocenters. The van der Waals surface area contributed by atoms with Crippen molar-refractivity contribution in [2.75, 3.05) is 13.2 Å². The first kappa shape index (κ1) is 14.2. The highest BCUT2D eigenvalue weighted by Gasteiger charge is 2.43. The van der Waals surface area contributed by atoms with Crippen LogP contribution in [0, 0.1) is 6.92 Å². The molecule has 1 aromatic rings. The zero-order valence-corrected chi connectivity index (χ0v) is 12.5. The number of ether oxygens (including phenoxy) is 2. The van der Waals surface area contributed by atoms with Crippen LogP contribution in [0.3, 0.4) is 0 Å². The van der Waals surface area contributed by atoms with E-state index in [0.717, 1.165) is 48.3 Å². The van der Waals surface area contributed by atoms with E-state index < -0.39 is 11.4 Å². The van der Waals surface area contributed by atoms with Gasteiger partial charge in [-0.25, -0.2) is 0 Å². The minimum absolute atomic E-state index is 0.622. The molecule has 1 heterocycles. The molecule has 0 bridgehead atoms. The van der Waals surface area contributed by atoms with Gasteiger partial charge in [-0.15, -0.1) is 0 Å². The Balaban J connectivity index is 2.09. The first-order chi connectivity index (χ1) is 10.1. The summed E-state index contributed by atoms with van der Waals surface area (Å²) in [5, 5.41) is 9.85. The highest BCUT2D eigenvalue weighted by molar-refractivity contribution is 5.82. The molecule has 1 fully saturated rings. The molecule has 3 rings (SSSR count). The van der Waals surface area contributed by atoms with Crippen LogP contribution in [0.25, 0.3) is 0 Å². The van der Waals surface area contributed by atoms with E-state index in [0.29, 0.717) is 26.1 Å². The van der Waals surface area contributed by atoms with Crippen molar-refractivity contribution >= 4 is 5.97 Å². The highest BCUT2D eigenvalue weighted by Crippen LogP contribution is 2.45. The number of rotatable bonds is 2. The van der Waals surface area contributed by atoms with E-state index in [4.69, 9.17) is 9.47 Å². The van der Waals surface area contributed by atoms with E-state index in [1.165, 1.54) is 0 Å². The molecular formula is C17H22O4. The van der Waals surface area contributed by atoms with Crippen LogP contribution in [0.15, 0.2) is 12.1 Å². The lowest BCUT2D eigenvalue weighted by atomic mass is 9.68. The second-order valence-electron chi connectivity index (χ2n) is 6.06. The fraction of sp³-hybridized carbons (Fsp3) is 0.588. The molecule has 1 aliphatic carbocycles. The van der Waals surface area contributed by atoms with Crippen molar-refractivity contribution in [3.63, 3.8) is 0 Å². The summed E-state index contributed by atoms with van der Waals surface area (Å²) in [6, 6.07) is 3.81. The lowest BCUT2D eigenvalue weighted by Gasteiger charge is -2.35. The summed E-state index contributed by atoms with van der Waals surface area (Å²) in [5.41, 5.74) is 1.07. The first-order valence-electron chi connectivity index (χ1n) is 7.78. The molecule has 1 aliphatic heterocycles. The summed E-state index contributed by atoms with van der Waals surface area (Å²) in [5.74, 6) is 0.765. The summed E-state index contributed by atoms with van der Waals surface area (Å²) in [6.07, 6.45) is 5.35. The Kier molecular flexibility index (Phi) is 3.79. The Labute approximate surface area is 125 Å². The lowest BCUT2D eigenvalue weighted by Crippen LogP contribution is -2.38. The summed E-state index contributed by atoms with van der Waals surface area (Å²) >= 11 is 0. The molecule has 0 radical (unpaired) electrons. The Hall–Kier alpha value is -1.71. The van der Waals surface area contributed by atoms with Gasteiger partial charge >= 0.3 is 5.97 Å². The molecule has 0 amide bonds. The fourth-order valence-electron chi connectivity index (χ4n) is 3.65. The number of carboxylic acids is 1. The summed E-state index contributed by atoms with van der Waals surface area (Å²) in [4.78, 5) is 12.0. The lowest BCUT2D eigenvalue weighted by molar-refractivity contribution is -0.145. The van der Waals surface area contributed by atoms with Crippen LogP contribution in [0.1, 0.15) is 49.7 Å². The van der Waals surface area contributed by atoms with Crippen LogP contribution in [-0.2, 0) is 10.2 Å². The van der Waals surface area contributed by atoms with Crippen LogP contribution in [0.5, 0.6) is 11.5 Å². The molecule has 1 N–H and O–H groups in total. The standard InChI is InChI=1S/C17H22O4/c1-12-13(17(16(18)19)8-3-2-4-9-17)6-7-14-15(12)21-11-5-10-20-14/h6-7H,2-5,8-11H2,1H3,(H,18,19). The quantitative estimate of drug-likeness (QED) is 0.906. The maximum atomic E-state index is 12.0. The van der Waals surface area contributed by atoms with Gasteiger partial charge in [0.25, 0.3) is 0 Å². The van der Waals surface area contributed by atoms with Crippen LogP contribution in [0.2, 0.25) is 0 Å². The van der Waals surface area contributed by atoms with Gasteiger partial charge in [0.2, 0.25) is 0 Å². The van der Waals surface area contributed by atoms with Gasteiger partial charge in [0.05, 0.1) is 18.6 Å². The van der Waals surface area contributed by atoms with E-state index in [1.807, 2.05) is 19.1 Å². The Morgan fingerprint density at radius 2 is 1.81 bits per heavy atom. The molecule has 0 unspecified atom stereocenters. The molecular weight excluding hydrogens is 268 g/mol. The van der Waals surface area contributed by atoms with Crippen molar-refractivity contribution in [3.05, 3.63) is 23.3 Å². The van der Waals surface area contributed by atoms with E-state index in [9.17, 15) is 9.90 Å². The molecule has 0 spiro atoms.